The van der Waals surface area contributed by atoms with Gasteiger partial charge < -0.3 is 0 Å². The van der Waals surface area contributed by atoms with Crippen LogP contribution in [0.25, 0.3) is 0 Å². The quantitative estimate of drug-likeness (QED) is 0.282. The molecule has 0 spiro atoms. The first kappa shape index (κ1) is 6.61. The fourth-order valence-corrected chi connectivity index (χ4v) is 0.203. The van der Waals surface area contributed by atoms with Crippen molar-refractivity contribution in [2.75, 3.05) is 0 Å². The Bertz CT molecular complexity index is 181. The second kappa shape index (κ2) is 3.79. The maximum atomic E-state index is 9.45. The Hall–Kier alpha value is -1.39. The van der Waals surface area contributed by atoms with Crippen molar-refractivity contribution in [3.8, 4) is 6.07 Å². The number of nitrogens with zero attached hydrogens (tertiary/aromatic N) is 2. The molecule has 3 nitrogen and oxygen atoms in total. The van der Waals surface area contributed by atoms with Crippen molar-refractivity contribution in [2.45, 2.75) is 6.92 Å². The maximum absolute atomic E-state index is 9.45. The molecule has 0 heterocycles. The monoisotopic (exact) mass is 108 g/mol. The number of carbonyl (C=O) groups excluding carboxylic acids is 1. The molecule has 3 heteroatoms. The zero-order valence-electron chi connectivity index (χ0n) is 4.38. The average molecular weight is 108 g/mol. The summed E-state index contributed by atoms with van der Waals surface area (Å²) >= 11 is 0. The van der Waals surface area contributed by atoms with E-state index in [1.807, 2.05) is 0 Å². The van der Waals surface area contributed by atoms with Crippen LogP contribution in [0.3, 0.4) is 0 Å². The van der Waals surface area contributed by atoms with Crippen molar-refractivity contribution in [1.82, 2.24) is 0 Å². The highest BCUT2D eigenvalue weighted by molar-refractivity contribution is 5.40. The summed E-state index contributed by atoms with van der Waals surface area (Å²) in [4.78, 5) is 12.5. The van der Waals surface area contributed by atoms with E-state index in [2.05, 4.69) is 4.99 Å². The Morgan fingerprint density at radius 2 is 2.50 bits per heavy atom. The third-order valence-corrected chi connectivity index (χ3v) is 0.554. The summed E-state index contributed by atoms with van der Waals surface area (Å²) in [6, 6.07) is 1.68. The summed E-state index contributed by atoms with van der Waals surface area (Å²) < 4.78 is 0. The van der Waals surface area contributed by atoms with Gasteiger partial charge in [0.15, 0.2) is 0 Å². The summed E-state index contributed by atoms with van der Waals surface area (Å²) in [7, 11) is 0. The second-order valence-electron chi connectivity index (χ2n) is 0.989. The first-order chi connectivity index (χ1) is 3.85. The molecular weight excluding hydrogens is 104 g/mol. The van der Waals surface area contributed by atoms with Gasteiger partial charge in [0.05, 0.1) is 0 Å². The van der Waals surface area contributed by atoms with E-state index in [4.69, 9.17) is 5.26 Å². The van der Waals surface area contributed by atoms with Gasteiger partial charge in [-0.15, -0.1) is 0 Å². The molecule has 0 aromatic heterocycles. The Kier molecular flexibility index (Phi) is 3.13. The molecule has 0 unspecified atom stereocenters. The number of hydrogen-bond donors (Lipinski definition) is 0. The molecule has 0 saturated heterocycles. The first-order valence-electron chi connectivity index (χ1n) is 1.99. The van der Waals surface area contributed by atoms with Crippen LogP contribution in [0.15, 0.2) is 16.8 Å². The van der Waals surface area contributed by atoms with Crippen molar-refractivity contribution in [3.63, 3.8) is 0 Å². The van der Waals surface area contributed by atoms with Crippen LogP contribution in [0.5, 0.6) is 0 Å². The van der Waals surface area contributed by atoms with E-state index in [1.165, 1.54) is 12.2 Å². The van der Waals surface area contributed by atoms with Gasteiger partial charge in [-0.1, -0.05) is 6.08 Å². The van der Waals surface area contributed by atoms with E-state index in [1.54, 1.807) is 13.0 Å². The van der Waals surface area contributed by atoms with E-state index in [0.717, 1.165) is 0 Å². The van der Waals surface area contributed by atoms with Gasteiger partial charge in [-0.25, -0.2) is 4.79 Å². The Balaban J connectivity index is 4.20. The maximum Gasteiger partial charge on any atom is 0.241 e. The predicted octanol–water partition coefficient (Wildman–Crippen LogP) is 0.750. The summed E-state index contributed by atoms with van der Waals surface area (Å²) in [5.74, 6) is 0. The van der Waals surface area contributed by atoms with E-state index in [0.29, 0.717) is 0 Å². The molecule has 0 aliphatic carbocycles. The fourth-order valence-electron chi connectivity index (χ4n) is 0.203. The molecule has 0 radical (unpaired) electrons. The molecule has 0 aromatic carbocycles. The smallest absolute Gasteiger partial charge is 0.211 e. The van der Waals surface area contributed by atoms with E-state index >= 15 is 0 Å². The molecule has 0 aliphatic heterocycles. The minimum atomic E-state index is 0.0972. The molecular formula is C5H4N2O. The van der Waals surface area contributed by atoms with Crippen molar-refractivity contribution in [3.05, 3.63) is 11.8 Å². The molecule has 0 rings (SSSR count). The normalized spacial score (nSPS) is 9.25. The van der Waals surface area contributed by atoms with Crippen molar-refractivity contribution >= 4 is 6.08 Å². The highest BCUT2D eigenvalue weighted by Gasteiger charge is 1.81. The highest BCUT2D eigenvalue weighted by atomic mass is 16.1. The van der Waals surface area contributed by atoms with Gasteiger partial charge in [-0.3, -0.25) is 0 Å². The fraction of sp³-hybridized carbons (Fsp3) is 0.200. The molecule has 0 bridgehead atoms. The lowest BCUT2D eigenvalue weighted by molar-refractivity contribution is 0.565. The van der Waals surface area contributed by atoms with Crippen LogP contribution < -0.4 is 0 Å². The van der Waals surface area contributed by atoms with Crippen LogP contribution in [-0.4, -0.2) is 6.08 Å². The molecule has 0 N–H and O–H groups in total. The Morgan fingerprint density at radius 3 is 2.62 bits per heavy atom. The summed E-state index contributed by atoms with van der Waals surface area (Å²) in [6.07, 6.45) is 2.69. The van der Waals surface area contributed by atoms with Crippen molar-refractivity contribution in [1.29, 1.82) is 5.26 Å². The predicted molar refractivity (Wildman–Crippen MR) is 27.5 cm³/mol. The van der Waals surface area contributed by atoms with Crippen LogP contribution >= 0.6 is 0 Å². The summed E-state index contributed by atoms with van der Waals surface area (Å²) in [6.45, 7) is 1.62. The molecule has 0 atom stereocenters. The topological polar surface area (TPSA) is 53.2 Å². The minimum Gasteiger partial charge on any atom is -0.211 e. The van der Waals surface area contributed by atoms with Crippen LogP contribution in [0.4, 0.5) is 0 Å². The number of allylic oxidation sites excluding steroid dienone is 2. The van der Waals surface area contributed by atoms with E-state index in [-0.39, 0.29) is 5.70 Å². The van der Waals surface area contributed by atoms with Gasteiger partial charge in [-0.05, 0) is 6.92 Å². The van der Waals surface area contributed by atoms with Gasteiger partial charge in [0.2, 0.25) is 6.08 Å². The number of hydrogen-bond acceptors (Lipinski definition) is 3. The summed E-state index contributed by atoms with van der Waals surface area (Å²) in [5.41, 5.74) is 0.0972. The molecule has 40 valence electrons. The number of rotatable bonds is 1. The minimum absolute atomic E-state index is 0.0972. The summed E-state index contributed by atoms with van der Waals surface area (Å²) in [5, 5.41) is 8.07. The molecule has 0 aliphatic rings. The Labute approximate surface area is 47.0 Å². The lowest BCUT2D eigenvalue weighted by Crippen LogP contribution is -1.66. The zero-order valence-corrected chi connectivity index (χ0v) is 4.38. The van der Waals surface area contributed by atoms with Gasteiger partial charge in [0.25, 0.3) is 0 Å². The standard InChI is InChI=1S/C5H4N2O/c1-2-5(3-6)7-4-8/h2H,1H3/b5-2+. The lowest BCUT2D eigenvalue weighted by Gasteiger charge is -1.72. The average Bonchev–Trinajstić information content (AvgIpc) is 1.83. The van der Waals surface area contributed by atoms with E-state index in [9.17, 15) is 4.79 Å². The van der Waals surface area contributed by atoms with Gasteiger partial charge in [-0.2, -0.15) is 10.3 Å². The van der Waals surface area contributed by atoms with Gasteiger partial charge in [0.1, 0.15) is 11.8 Å². The number of aliphatic imine (C=N–C) groups is 1. The Morgan fingerprint density at radius 1 is 1.88 bits per heavy atom. The molecule has 0 amide bonds. The van der Waals surface area contributed by atoms with Crippen molar-refractivity contribution < 1.29 is 4.79 Å². The second-order valence-corrected chi connectivity index (χ2v) is 0.989. The zero-order chi connectivity index (χ0) is 6.41. The number of isocyanates is 1. The first-order valence-corrected chi connectivity index (χ1v) is 1.99. The van der Waals surface area contributed by atoms with Crippen LogP contribution in [0.2, 0.25) is 0 Å². The van der Waals surface area contributed by atoms with Crippen molar-refractivity contribution in [2.24, 2.45) is 4.99 Å². The molecule has 0 aromatic rings. The third kappa shape index (κ3) is 1.91. The van der Waals surface area contributed by atoms with Gasteiger partial charge >= 0.3 is 0 Å². The molecule has 0 fully saturated rings. The third-order valence-electron chi connectivity index (χ3n) is 0.554. The number of nitriles is 1. The van der Waals surface area contributed by atoms with Crippen LogP contribution in [-0.2, 0) is 4.79 Å². The largest absolute Gasteiger partial charge is 0.241 e. The highest BCUT2D eigenvalue weighted by Crippen LogP contribution is 1.88. The van der Waals surface area contributed by atoms with Crippen LogP contribution in [0.1, 0.15) is 6.92 Å². The lowest BCUT2D eigenvalue weighted by atomic mass is 10.5. The molecule has 8 heavy (non-hydrogen) atoms. The molecule has 0 saturated carbocycles. The van der Waals surface area contributed by atoms with Gasteiger partial charge in [0, 0.05) is 0 Å². The van der Waals surface area contributed by atoms with E-state index < -0.39 is 0 Å². The SMILES string of the molecule is C/C=C(\C#N)N=C=O. The van der Waals surface area contributed by atoms with Crippen LogP contribution in [0, 0.1) is 11.3 Å².